The third kappa shape index (κ3) is 2.85. The normalized spacial score (nSPS) is 16.3. The van der Waals surface area contributed by atoms with Gasteiger partial charge in [0, 0.05) is 31.9 Å². The first-order valence-electron chi connectivity index (χ1n) is 6.07. The van der Waals surface area contributed by atoms with Gasteiger partial charge in [-0.3, -0.25) is 0 Å². The van der Waals surface area contributed by atoms with E-state index in [-0.39, 0.29) is 0 Å². The van der Waals surface area contributed by atoms with Crippen LogP contribution >= 0.6 is 0 Å². The van der Waals surface area contributed by atoms with Crippen molar-refractivity contribution < 1.29 is 14.6 Å². The van der Waals surface area contributed by atoms with Gasteiger partial charge in [0.05, 0.1) is 7.11 Å². The molecule has 0 atom stereocenters. The van der Waals surface area contributed by atoms with Crippen LogP contribution in [0.2, 0.25) is 0 Å². The third-order valence-corrected chi connectivity index (χ3v) is 3.20. The molecule has 0 bridgehead atoms. The summed E-state index contributed by atoms with van der Waals surface area (Å²) in [5.74, 6) is 0.834. The van der Waals surface area contributed by atoms with Crippen molar-refractivity contribution >= 4 is 11.8 Å². The molecule has 1 aromatic rings. The van der Waals surface area contributed by atoms with Crippen LogP contribution in [-0.4, -0.2) is 49.4 Å². The number of rotatable bonds is 2. The van der Waals surface area contributed by atoms with Gasteiger partial charge in [0.2, 0.25) is 0 Å². The van der Waals surface area contributed by atoms with Crippen LogP contribution in [0.1, 0.15) is 6.42 Å². The SMILES string of the molecule is COc1ccc(N2CCCN(C(=O)O)CC2)cc1. The lowest BCUT2D eigenvalue weighted by atomic mass is 10.2. The monoisotopic (exact) mass is 250 g/mol. The van der Waals surface area contributed by atoms with E-state index in [4.69, 9.17) is 9.84 Å². The molecule has 5 nitrogen and oxygen atoms in total. The van der Waals surface area contributed by atoms with Crippen molar-refractivity contribution in [2.75, 3.05) is 38.2 Å². The fourth-order valence-corrected chi connectivity index (χ4v) is 2.16. The highest BCUT2D eigenvalue weighted by Crippen LogP contribution is 2.20. The van der Waals surface area contributed by atoms with Crippen LogP contribution in [0, 0.1) is 0 Å². The van der Waals surface area contributed by atoms with Crippen molar-refractivity contribution in [2.24, 2.45) is 0 Å². The van der Waals surface area contributed by atoms with E-state index in [0.717, 1.165) is 30.9 Å². The maximum Gasteiger partial charge on any atom is 0.407 e. The van der Waals surface area contributed by atoms with Gasteiger partial charge in [-0.1, -0.05) is 0 Å². The van der Waals surface area contributed by atoms with Crippen LogP contribution in [0.5, 0.6) is 5.75 Å². The molecule has 1 saturated heterocycles. The van der Waals surface area contributed by atoms with E-state index in [1.54, 1.807) is 7.11 Å². The smallest absolute Gasteiger partial charge is 0.407 e. The largest absolute Gasteiger partial charge is 0.497 e. The Morgan fingerprint density at radius 3 is 2.50 bits per heavy atom. The summed E-state index contributed by atoms with van der Waals surface area (Å²) in [5.41, 5.74) is 1.11. The Morgan fingerprint density at radius 2 is 1.89 bits per heavy atom. The predicted molar refractivity (Wildman–Crippen MR) is 69.4 cm³/mol. The van der Waals surface area contributed by atoms with Gasteiger partial charge < -0.3 is 19.6 Å². The second-order valence-electron chi connectivity index (χ2n) is 4.31. The van der Waals surface area contributed by atoms with E-state index in [0.29, 0.717) is 13.1 Å². The predicted octanol–water partition coefficient (Wildman–Crippen LogP) is 1.89. The topological polar surface area (TPSA) is 53.0 Å². The van der Waals surface area contributed by atoms with Crippen molar-refractivity contribution in [3.8, 4) is 5.75 Å². The summed E-state index contributed by atoms with van der Waals surface area (Å²) in [6, 6.07) is 7.87. The highest BCUT2D eigenvalue weighted by molar-refractivity contribution is 5.65. The van der Waals surface area contributed by atoms with Crippen molar-refractivity contribution in [3.63, 3.8) is 0 Å². The molecule has 1 heterocycles. The van der Waals surface area contributed by atoms with E-state index in [1.165, 1.54) is 4.90 Å². The average molecular weight is 250 g/mol. The maximum absolute atomic E-state index is 10.9. The average Bonchev–Trinajstić information content (AvgIpc) is 2.64. The third-order valence-electron chi connectivity index (χ3n) is 3.20. The van der Waals surface area contributed by atoms with Crippen LogP contribution in [-0.2, 0) is 0 Å². The zero-order chi connectivity index (χ0) is 13.0. The second-order valence-corrected chi connectivity index (χ2v) is 4.31. The second kappa shape index (κ2) is 5.62. The molecular weight excluding hydrogens is 232 g/mol. The minimum absolute atomic E-state index is 0.557. The molecule has 0 saturated carbocycles. The number of hydrogen-bond donors (Lipinski definition) is 1. The molecule has 98 valence electrons. The van der Waals surface area contributed by atoms with Gasteiger partial charge in [-0.15, -0.1) is 0 Å². The molecule has 1 amide bonds. The first-order valence-corrected chi connectivity index (χ1v) is 6.07. The summed E-state index contributed by atoms with van der Waals surface area (Å²) in [6.45, 7) is 2.79. The summed E-state index contributed by atoms with van der Waals surface area (Å²) < 4.78 is 5.13. The fourth-order valence-electron chi connectivity index (χ4n) is 2.16. The lowest BCUT2D eigenvalue weighted by Gasteiger charge is -2.23. The van der Waals surface area contributed by atoms with Gasteiger partial charge in [-0.05, 0) is 30.7 Å². The fraction of sp³-hybridized carbons (Fsp3) is 0.462. The number of carbonyl (C=O) groups is 1. The Morgan fingerprint density at radius 1 is 1.17 bits per heavy atom. The quantitative estimate of drug-likeness (QED) is 0.870. The van der Waals surface area contributed by atoms with Gasteiger partial charge in [-0.2, -0.15) is 0 Å². The zero-order valence-electron chi connectivity index (χ0n) is 10.5. The lowest BCUT2D eigenvalue weighted by molar-refractivity contribution is 0.148. The molecule has 1 N–H and O–H groups in total. The highest BCUT2D eigenvalue weighted by atomic mass is 16.5. The minimum atomic E-state index is -0.827. The van der Waals surface area contributed by atoms with Gasteiger partial charge in [0.1, 0.15) is 5.75 Å². The number of ether oxygens (including phenoxy) is 1. The van der Waals surface area contributed by atoms with E-state index < -0.39 is 6.09 Å². The molecule has 0 radical (unpaired) electrons. The van der Waals surface area contributed by atoms with E-state index in [9.17, 15) is 4.79 Å². The Bertz CT molecular complexity index is 405. The van der Waals surface area contributed by atoms with Crippen molar-refractivity contribution in [3.05, 3.63) is 24.3 Å². The lowest BCUT2D eigenvalue weighted by Crippen LogP contribution is -2.34. The maximum atomic E-state index is 10.9. The Kier molecular flexibility index (Phi) is 3.92. The van der Waals surface area contributed by atoms with E-state index in [1.807, 2.05) is 24.3 Å². The van der Waals surface area contributed by atoms with Gasteiger partial charge in [0.15, 0.2) is 0 Å². The Balaban J connectivity index is 2.02. The number of carboxylic acid groups (broad SMARTS) is 1. The molecule has 0 aromatic heterocycles. The number of benzene rings is 1. The molecule has 1 aromatic carbocycles. The number of anilines is 1. The standard InChI is InChI=1S/C13H18N2O3/c1-18-12-5-3-11(4-6-12)14-7-2-8-15(10-9-14)13(16)17/h3-6H,2,7-10H2,1H3,(H,16,17). The van der Waals surface area contributed by atoms with Crippen LogP contribution in [0.3, 0.4) is 0 Å². The summed E-state index contributed by atoms with van der Waals surface area (Å²) in [7, 11) is 1.64. The first kappa shape index (κ1) is 12.5. The molecule has 0 unspecified atom stereocenters. The van der Waals surface area contributed by atoms with Crippen LogP contribution in [0.15, 0.2) is 24.3 Å². The molecule has 5 heteroatoms. The molecular formula is C13H18N2O3. The molecule has 0 aliphatic carbocycles. The van der Waals surface area contributed by atoms with Crippen molar-refractivity contribution in [1.29, 1.82) is 0 Å². The Hall–Kier alpha value is -1.91. The van der Waals surface area contributed by atoms with Crippen LogP contribution in [0.25, 0.3) is 0 Å². The Labute approximate surface area is 107 Å². The molecule has 1 aliphatic heterocycles. The molecule has 18 heavy (non-hydrogen) atoms. The zero-order valence-corrected chi connectivity index (χ0v) is 10.5. The first-order chi connectivity index (χ1) is 8.70. The van der Waals surface area contributed by atoms with Crippen LogP contribution in [0.4, 0.5) is 10.5 Å². The number of nitrogens with zero attached hydrogens (tertiary/aromatic N) is 2. The van der Waals surface area contributed by atoms with Gasteiger partial charge >= 0.3 is 6.09 Å². The summed E-state index contributed by atoms with van der Waals surface area (Å²) in [4.78, 5) is 14.6. The van der Waals surface area contributed by atoms with Crippen molar-refractivity contribution in [1.82, 2.24) is 4.90 Å². The molecule has 1 fully saturated rings. The van der Waals surface area contributed by atoms with Crippen molar-refractivity contribution in [2.45, 2.75) is 6.42 Å². The van der Waals surface area contributed by atoms with Gasteiger partial charge in [0.25, 0.3) is 0 Å². The van der Waals surface area contributed by atoms with Crippen LogP contribution < -0.4 is 9.64 Å². The summed E-state index contributed by atoms with van der Waals surface area (Å²) in [5, 5.41) is 8.98. The number of hydrogen-bond acceptors (Lipinski definition) is 3. The summed E-state index contributed by atoms with van der Waals surface area (Å²) in [6.07, 6.45) is 0.0322. The molecule has 0 spiro atoms. The van der Waals surface area contributed by atoms with E-state index in [2.05, 4.69) is 4.90 Å². The van der Waals surface area contributed by atoms with Gasteiger partial charge in [-0.25, -0.2) is 4.79 Å². The molecule has 2 rings (SSSR count). The number of methoxy groups -OCH3 is 1. The highest BCUT2D eigenvalue weighted by Gasteiger charge is 2.18. The van der Waals surface area contributed by atoms with E-state index >= 15 is 0 Å². The number of amides is 1. The minimum Gasteiger partial charge on any atom is -0.497 e. The summed E-state index contributed by atoms with van der Waals surface area (Å²) >= 11 is 0. The molecule has 1 aliphatic rings.